The maximum Gasteiger partial charge on any atom is 0.227 e. The second kappa shape index (κ2) is 7.89. The minimum absolute atomic E-state index is 0.0425. The highest BCUT2D eigenvalue weighted by Crippen LogP contribution is 2.24. The number of para-hydroxylation sites is 2. The Morgan fingerprint density at radius 1 is 1.04 bits per heavy atom. The molecule has 1 aromatic heterocycles. The van der Waals surface area contributed by atoms with E-state index in [1.165, 1.54) is 0 Å². The number of piperidine rings is 1. The number of hydrogen-bond acceptors (Lipinski definition) is 2. The van der Waals surface area contributed by atoms with Gasteiger partial charge in [-0.1, -0.05) is 36.4 Å². The van der Waals surface area contributed by atoms with Crippen molar-refractivity contribution in [1.29, 1.82) is 0 Å². The number of hydrogen-bond donors (Lipinski definition) is 2. The smallest absolute Gasteiger partial charge is 0.227 e. The Morgan fingerprint density at radius 2 is 1.71 bits per heavy atom. The number of benzene rings is 2. The van der Waals surface area contributed by atoms with Crippen molar-refractivity contribution < 1.29 is 9.59 Å². The van der Waals surface area contributed by atoms with E-state index in [2.05, 4.69) is 16.4 Å². The van der Waals surface area contributed by atoms with Gasteiger partial charge in [0.05, 0.1) is 6.42 Å². The van der Waals surface area contributed by atoms with Gasteiger partial charge < -0.3 is 15.2 Å². The maximum absolute atomic E-state index is 12.8. The molecule has 2 amide bonds. The van der Waals surface area contributed by atoms with Crippen LogP contribution in [0.4, 0.5) is 5.69 Å². The van der Waals surface area contributed by atoms with Gasteiger partial charge in [0.1, 0.15) is 0 Å². The van der Waals surface area contributed by atoms with Crippen molar-refractivity contribution in [1.82, 2.24) is 9.88 Å². The van der Waals surface area contributed by atoms with Gasteiger partial charge in [0.15, 0.2) is 0 Å². The molecule has 5 nitrogen and oxygen atoms in total. The second-order valence-electron chi connectivity index (χ2n) is 7.46. The van der Waals surface area contributed by atoms with Crippen LogP contribution in [0.3, 0.4) is 0 Å². The van der Waals surface area contributed by atoms with Crippen molar-refractivity contribution in [2.45, 2.75) is 26.2 Å². The van der Waals surface area contributed by atoms with Crippen LogP contribution in [0.25, 0.3) is 10.9 Å². The molecule has 2 aromatic carbocycles. The summed E-state index contributed by atoms with van der Waals surface area (Å²) in [6.07, 6.45) is 1.81. The number of aryl methyl sites for hydroxylation is 1. The Kier molecular flexibility index (Phi) is 5.15. The Bertz CT molecular complexity index is 986. The van der Waals surface area contributed by atoms with Crippen molar-refractivity contribution >= 4 is 28.4 Å². The summed E-state index contributed by atoms with van der Waals surface area (Å²) in [4.78, 5) is 30.6. The zero-order valence-electron chi connectivity index (χ0n) is 16.1. The number of anilines is 1. The van der Waals surface area contributed by atoms with Crippen LogP contribution in [-0.2, 0) is 16.0 Å². The number of H-pyrrole nitrogens is 1. The lowest BCUT2D eigenvalue weighted by atomic mass is 9.95. The molecule has 0 aliphatic carbocycles. The van der Waals surface area contributed by atoms with Gasteiger partial charge in [-0.25, -0.2) is 0 Å². The Balaban J connectivity index is 1.35. The summed E-state index contributed by atoms with van der Waals surface area (Å²) in [6, 6.07) is 17.6. The number of likely N-dealkylation sites (tertiary alicyclic amines) is 1. The fourth-order valence-electron chi connectivity index (χ4n) is 3.98. The van der Waals surface area contributed by atoms with E-state index >= 15 is 0 Å². The molecule has 0 saturated carbocycles. The highest BCUT2D eigenvalue weighted by molar-refractivity contribution is 5.93. The minimum Gasteiger partial charge on any atom is -0.358 e. The van der Waals surface area contributed by atoms with E-state index in [9.17, 15) is 9.59 Å². The summed E-state index contributed by atoms with van der Waals surface area (Å²) in [7, 11) is 0. The molecule has 0 atom stereocenters. The number of nitrogens with zero attached hydrogens (tertiary/aromatic N) is 1. The fraction of sp³-hybridized carbons (Fsp3) is 0.304. The second-order valence-corrected chi connectivity index (χ2v) is 7.46. The highest BCUT2D eigenvalue weighted by atomic mass is 16.2. The average Bonchev–Trinajstić information content (AvgIpc) is 3.04. The van der Waals surface area contributed by atoms with Crippen LogP contribution in [0.1, 0.15) is 24.1 Å². The van der Waals surface area contributed by atoms with Crippen LogP contribution < -0.4 is 5.32 Å². The Labute approximate surface area is 164 Å². The number of carbonyl (C=O) groups excluding carboxylic acids is 2. The first-order chi connectivity index (χ1) is 13.6. The number of aromatic amines is 1. The van der Waals surface area contributed by atoms with Crippen molar-refractivity contribution in [3.05, 3.63) is 65.9 Å². The monoisotopic (exact) mass is 375 g/mol. The lowest BCUT2D eigenvalue weighted by molar-refractivity contribution is -0.133. The minimum atomic E-state index is -0.0425. The molecular weight excluding hydrogens is 350 g/mol. The molecule has 4 rings (SSSR count). The molecule has 28 heavy (non-hydrogen) atoms. The number of nitrogens with one attached hydrogen (secondary N) is 2. The zero-order chi connectivity index (χ0) is 19.5. The van der Waals surface area contributed by atoms with Crippen LogP contribution in [0.2, 0.25) is 0 Å². The van der Waals surface area contributed by atoms with Crippen molar-refractivity contribution in [2.24, 2.45) is 5.92 Å². The number of rotatable bonds is 4. The summed E-state index contributed by atoms with van der Waals surface area (Å²) in [5, 5.41) is 4.09. The summed E-state index contributed by atoms with van der Waals surface area (Å²) in [6.45, 7) is 3.28. The molecule has 2 heterocycles. The van der Waals surface area contributed by atoms with Gasteiger partial charge >= 0.3 is 0 Å². The summed E-state index contributed by atoms with van der Waals surface area (Å²) < 4.78 is 0. The third-order valence-corrected chi connectivity index (χ3v) is 5.61. The van der Waals surface area contributed by atoms with E-state index < -0.39 is 0 Å². The van der Waals surface area contributed by atoms with Gasteiger partial charge in [-0.3, -0.25) is 9.59 Å². The van der Waals surface area contributed by atoms with Crippen LogP contribution >= 0.6 is 0 Å². The maximum atomic E-state index is 12.8. The number of amides is 2. The van der Waals surface area contributed by atoms with Gasteiger partial charge in [0.2, 0.25) is 11.8 Å². The Hall–Kier alpha value is -3.08. The molecule has 1 saturated heterocycles. The van der Waals surface area contributed by atoms with Gasteiger partial charge in [-0.05, 0) is 43.5 Å². The molecule has 0 radical (unpaired) electrons. The molecule has 0 bridgehead atoms. The molecule has 5 heteroatoms. The van der Waals surface area contributed by atoms with Gasteiger partial charge in [0, 0.05) is 41.3 Å². The summed E-state index contributed by atoms with van der Waals surface area (Å²) >= 11 is 0. The van der Waals surface area contributed by atoms with Gasteiger partial charge in [-0.2, -0.15) is 0 Å². The highest BCUT2D eigenvalue weighted by Gasteiger charge is 2.28. The van der Waals surface area contributed by atoms with Crippen molar-refractivity contribution in [3.63, 3.8) is 0 Å². The first-order valence-electron chi connectivity index (χ1n) is 9.81. The molecule has 144 valence electrons. The molecule has 3 aromatic rings. The molecule has 0 unspecified atom stereocenters. The largest absolute Gasteiger partial charge is 0.358 e. The van der Waals surface area contributed by atoms with Crippen molar-refractivity contribution in [3.8, 4) is 0 Å². The van der Waals surface area contributed by atoms with E-state index in [1.54, 1.807) is 0 Å². The average molecular weight is 375 g/mol. The Morgan fingerprint density at radius 3 is 2.46 bits per heavy atom. The normalized spacial score (nSPS) is 15.0. The SMILES string of the molecule is Cc1[nH]c2ccccc2c1CC(=O)N1CCC(C(=O)Nc2ccccc2)CC1. The molecule has 2 N–H and O–H groups in total. The van der Waals surface area contributed by atoms with Gasteiger partial charge in [-0.15, -0.1) is 0 Å². The van der Waals surface area contributed by atoms with Crippen LogP contribution in [0.5, 0.6) is 0 Å². The third kappa shape index (κ3) is 3.79. The molecular formula is C23H25N3O2. The quantitative estimate of drug-likeness (QED) is 0.726. The number of fused-ring (bicyclic) bond motifs is 1. The van der Waals surface area contributed by atoms with Crippen LogP contribution in [0, 0.1) is 12.8 Å². The van der Waals surface area contributed by atoms with E-state index in [-0.39, 0.29) is 17.7 Å². The van der Waals surface area contributed by atoms with Crippen LogP contribution in [0.15, 0.2) is 54.6 Å². The first-order valence-corrected chi connectivity index (χ1v) is 9.81. The predicted octanol–water partition coefficient (Wildman–Crippen LogP) is 3.90. The first kappa shape index (κ1) is 18.3. The van der Waals surface area contributed by atoms with E-state index in [4.69, 9.17) is 0 Å². The molecule has 0 spiro atoms. The fourth-order valence-corrected chi connectivity index (χ4v) is 3.98. The van der Waals surface area contributed by atoms with E-state index in [1.807, 2.05) is 60.4 Å². The number of carbonyl (C=O) groups is 2. The lowest BCUT2D eigenvalue weighted by Crippen LogP contribution is -2.42. The topological polar surface area (TPSA) is 65.2 Å². The lowest BCUT2D eigenvalue weighted by Gasteiger charge is -2.31. The van der Waals surface area contributed by atoms with E-state index in [0.29, 0.717) is 32.4 Å². The number of aromatic nitrogens is 1. The van der Waals surface area contributed by atoms with Crippen LogP contribution in [-0.4, -0.2) is 34.8 Å². The summed E-state index contributed by atoms with van der Waals surface area (Å²) in [5.41, 5.74) is 4.01. The predicted molar refractivity (Wildman–Crippen MR) is 111 cm³/mol. The molecule has 1 aliphatic rings. The van der Waals surface area contributed by atoms with Gasteiger partial charge in [0.25, 0.3) is 0 Å². The van der Waals surface area contributed by atoms with E-state index in [0.717, 1.165) is 27.8 Å². The molecule has 1 fully saturated rings. The summed E-state index contributed by atoms with van der Waals surface area (Å²) in [5.74, 6) is 0.139. The standard InChI is InChI=1S/C23H25N3O2/c1-16-20(19-9-5-6-10-21(19)24-16)15-22(27)26-13-11-17(12-14-26)23(28)25-18-7-3-2-4-8-18/h2-10,17,24H,11-15H2,1H3,(H,25,28). The molecule has 1 aliphatic heterocycles. The third-order valence-electron chi connectivity index (χ3n) is 5.61. The zero-order valence-corrected chi connectivity index (χ0v) is 16.1. The van der Waals surface area contributed by atoms with Crippen molar-refractivity contribution in [2.75, 3.05) is 18.4 Å².